The van der Waals surface area contributed by atoms with Crippen LogP contribution in [0.3, 0.4) is 0 Å². The summed E-state index contributed by atoms with van der Waals surface area (Å²) in [5.74, 6) is 1.18. The number of benzene rings is 2. The molecular formula is C21H18BrClN4O2. The Morgan fingerprint density at radius 1 is 1.31 bits per heavy atom. The number of carbonyl (C=O) groups excluding carboxylic acids is 1. The number of nitrogens with zero attached hydrogens (tertiary/aromatic N) is 3. The van der Waals surface area contributed by atoms with Gasteiger partial charge >= 0.3 is 0 Å². The van der Waals surface area contributed by atoms with Crippen LogP contribution in [0.4, 0.5) is 5.95 Å². The molecule has 1 aliphatic heterocycles. The minimum Gasteiger partial charge on any atom is -0.488 e. The number of halogens is 2. The third kappa shape index (κ3) is 3.80. The first-order valence-corrected chi connectivity index (χ1v) is 10.2. The van der Waals surface area contributed by atoms with Crippen LogP contribution < -0.4 is 10.1 Å². The zero-order valence-corrected chi connectivity index (χ0v) is 18.2. The number of carbonyl (C=O) groups is 1. The first-order chi connectivity index (χ1) is 14.0. The second-order valence-corrected chi connectivity index (χ2v) is 8.04. The van der Waals surface area contributed by atoms with E-state index in [2.05, 4.69) is 31.3 Å². The maximum atomic E-state index is 12.5. The molecule has 1 N–H and O–H groups in total. The van der Waals surface area contributed by atoms with Gasteiger partial charge in [-0.2, -0.15) is 10.1 Å². The maximum Gasteiger partial charge on any atom is 0.226 e. The molecule has 4 rings (SSSR count). The van der Waals surface area contributed by atoms with Crippen molar-refractivity contribution in [1.82, 2.24) is 14.8 Å². The summed E-state index contributed by atoms with van der Waals surface area (Å²) in [6, 6.07) is 12.8. The van der Waals surface area contributed by atoms with Crippen molar-refractivity contribution in [2.24, 2.45) is 0 Å². The SMILES string of the molecule is CC(=O)C1=C(C)Nc2ncnn2C1c1cc(Br)ccc1OCc1ccccc1Cl. The van der Waals surface area contributed by atoms with Gasteiger partial charge in [0.1, 0.15) is 24.7 Å². The molecule has 3 aromatic rings. The van der Waals surface area contributed by atoms with E-state index in [1.165, 1.54) is 6.33 Å². The topological polar surface area (TPSA) is 69.0 Å². The van der Waals surface area contributed by atoms with Gasteiger partial charge in [0.25, 0.3) is 0 Å². The lowest BCUT2D eigenvalue weighted by Gasteiger charge is -2.29. The van der Waals surface area contributed by atoms with Gasteiger partial charge in [-0.3, -0.25) is 4.79 Å². The standard InChI is InChI=1S/C21H18BrClN4O2/c1-12-19(13(2)28)20(27-21(26-12)24-11-25-27)16-9-15(22)7-8-18(16)29-10-14-5-3-4-6-17(14)23/h3-9,11,20H,10H2,1-2H3,(H,24,25,26). The van der Waals surface area contributed by atoms with E-state index in [1.54, 1.807) is 11.6 Å². The molecule has 1 unspecified atom stereocenters. The molecule has 1 aromatic heterocycles. The first kappa shape index (κ1) is 19.7. The summed E-state index contributed by atoms with van der Waals surface area (Å²) in [5.41, 5.74) is 3.06. The van der Waals surface area contributed by atoms with E-state index in [9.17, 15) is 4.79 Å². The number of aromatic nitrogens is 3. The minimum absolute atomic E-state index is 0.0434. The fourth-order valence-electron chi connectivity index (χ4n) is 3.47. The summed E-state index contributed by atoms with van der Waals surface area (Å²) in [4.78, 5) is 16.8. The Morgan fingerprint density at radius 3 is 2.86 bits per heavy atom. The second kappa shape index (κ2) is 8.00. The van der Waals surface area contributed by atoms with E-state index < -0.39 is 6.04 Å². The molecule has 0 saturated heterocycles. The smallest absolute Gasteiger partial charge is 0.226 e. The van der Waals surface area contributed by atoms with E-state index in [0.29, 0.717) is 28.9 Å². The van der Waals surface area contributed by atoms with Crippen LogP contribution >= 0.6 is 27.5 Å². The normalized spacial score (nSPS) is 15.7. The summed E-state index contributed by atoms with van der Waals surface area (Å²) in [5, 5.41) is 8.14. The Labute approximate surface area is 181 Å². The lowest BCUT2D eigenvalue weighted by atomic mass is 9.92. The highest BCUT2D eigenvalue weighted by Gasteiger charge is 2.33. The van der Waals surface area contributed by atoms with E-state index in [1.807, 2.05) is 49.4 Å². The van der Waals surface area contributed by atoms with Crippen molar-refractivity contribution in [3.8, 4) is 5.75 Å². The van der Waals surface area contributed by atoms with Gasteiger partial charge in [0.2, 0.25) is 5.95 Å². The Balaban J connectivity index is 1.79. The van der Waals surface area contributed by atoms with Crippen LogP contribution in [0.5, 0.6) is 5.75 Å². The van der Waals surface area contributed by atoms with Gasteiger partial charge in [0.05, 0.1) is 0 Å². The molecule has 0 bridgehead atoms. The van der Waals surface area contributed by atoms with E-state index >= 15 is 0 Å². The third-order valence-corrected chi connectivity index (χ3v) is 5.64. The van der Waals surface area contributed by atoms with Crippen LogP contribution in [-0.2, 0) is 11.4 Å². The van der Waals surface area contributed by atoms with Crippen LogP contribution in [0, 0.1) is 0 Å². The molecule has 2 aromatic carbocycles. The molecular weight excluding hydrogens is 456 g/mol. The van der Waals surface area contributed by atoms with Gasteiger partial charge in [0.15, 0.2) is 5.78 Å². The molecule has 8 heteroatoms. The van der Waals surface area contributed by atoms with E-state index in [4.69, 9.17) is 16.3 Å². The van der Waals surface area contributed by atoms with E-state index in [0.717, 1.165) is 21.3 Å². The highest BCUT2D eigenvalue weighted by atomic mass is 79.9. The van der Waals surface area contributed by atoms with Crippen LogP contribution in [0.15, 0.2) is 64.5 Å². The second-order valence-electron chi connectivity index (χ2n) is 6.71. The number of hydrogen-bond donors (Lipinski definition) is 1. The van der Waals surface area contributed by atoms with E-state index in [-0.39, 0.29) is 5.78 Å². The summed E-state index contributed by atoms with van der Waals surface area (Å²) < 4.78 is 8.72. The summed E-state index contributed by atoms with van der Waals surface area (Å²) in [6.45, 7) is 3.73. The number of rotatable bonds is 5. The third-order valence-electron chi connectivity index (χ3n) is 4.78. The molecule has 148 valence electrons. The molecule has 0 fully saturated rings. The predicted molar refractivity (Wildman–Crippen MR) is 115 cm³/mol. The number of fused-ring (bicyclic) bond motifs is 1. The largest absolute Gasteiger partial charge is 0.488 e. The molecule has 0 spiro atoms. The summed E-state index contributed by atoms with van der Waals surface area (Å²) in [7, 11) is 0. The Morgan fingerprint density at radius 2 is 2.10 bits per heavy atom. The maximum absolute atomic E-state index is 12.5. The van der Waals surface area contributed by atoms with Gasteiger partial charge in [-0.05, 0) is 38.1 Å². The highest BCUT2D eigenvalue weighted by molar-refractivity contribution is 9.10. The van der Waals surface area contributed by atoms with Crippen LogP contribution in [0.1, 0.15) is 31.0 Å². The molecule has 0 saturated carbocycles. The van der Waals surface area contributed by atoms with Crippen molar-refractivity contribution in [3.63, 3.8) is 0 Å². The first-order valence-electron chi connectivity index (χ1n) is 8.99. The van der Waals surface area contributed by atoms with Gasteiger partial charge in [-0.15, -0.1) is 0 Å². The van der Waals surface area contributed by atoms with Crippen molar-refractivity contribution in [2.45, 2.75) is 26.5 Å². The lowest BCUT2D eigenvalue weighted by molar-refractivity contribution is -0.114. The number of hydrogen-bond acceptors (Lipinski definition) is 5. The molecule has 2 heterocycles. The minimum atomic E-state index is -0.454. The van der Waals surface area contributed by atoms with Crippen molar-refractivity contribution >= 4 is 39.3 Å². The molecule has 6 nitrogen and oxygen atoms in total. The average Bonchev–Trinajstić information content (AvgIpc) is 3.14. The molecule has 0 amide bonds. The highest BCUT2D eigenvalue weighted by Crippen LogP contribution is 2.40. The Bertz CT molecular complexity index is 1130. The zero-order valence-electron chi connectivity index (χ0n) is 15.8. The predicted octanol–water partition coefficient (Wildman–Crippen LogP) is 5.15. The van der Waals surface area contributed by atoms with Crippen molar-refractivity contribution < 1.29 is 9.53 Å². The fourth-order valence-corrected chi connectivity index (χ4v) is 4.04. The van der Waals surface area contributed by atoms with Gasteiger partial charge < -0.3 is 10.1 Å². The summed E-state index contributed by atoms with van der Waals surface area (Å²) >= 11 is 9.80. The summed E-state index contributed by atoms with van der Waals surface area (Å²) in [6.07, 6.45) is 1.47. The molecule has 1 atom stereocenters. The van der Waals surface area contributed by atoms with Crippen LogP contribution in [0.25, 0.3) is 0 Å². The van der Waals surface area contributed by atoms with Crippen LogP contribution in [-0.4, -0.2) is 20.5 Å². The number of nitrogens with one attached hydrogen (secondary N) is 1. The number of ketones is 1. The van der Waals surface area contributed by atoms with Gasteiger partial charge in [-0.25, -0.2) is 4.68 Å². The zero-order chi connectivity index (χ0) is 20.5. The number of ether oxygens (including phenoxy) is 1. The van der Waals surface area contributed by atoms with Crippen molar-refractivity contribution in [3.05, 3.63) is 80.7 Å². The fraction of sp³-hybridized carbons (Fsp3) is 0.190. The van der Waals surface area contributed by atoms with Crippen LogP contribution in [0.2, 0.25) is 5.02 Å². The number of allylic oxidation sites excluding steroid dienone is 2. The average molecular weight is 474 g/mol. The van der Waals surface area contributed by atoms with Crippen molar-refractivity contribution in [1.29, 1.82) is 0 Å². The molecule has 0 radical (unpaired) electrons. The monoisotopic (exact) mass is 472 g/mol. The van der Waals surface area contributed by atoms with Gasteiger partial charge in [-0.1, -0.05) is 45.7 Å². The van der Waals surface area contributed by atoms with Gasteiger partial charge in [0, 0.05) is 31.9 Å². The Hall–Kier alpha value is -2.64. The lowest BCUT2D eigenvalue weighted by Crippen LogP contribution is -2.28. The molecule has 1 aliphatic rings. The Kier molecular flexibility index (Phi) is 5.43. The number of anilines is 1. The number of Topliss-reactive ketones (excluding diaryl/α,β-unsaturated/α-hetero) is 1. The molecule has 29 heavy (non-hydrogen) atoms. The molecule has 0 aliphatic carbocycles. The quantitative estimate of drug-likeness (QED) is 0.555. The van der Waals surface area contributed by atoms with Crippen molar-refractivity contribution in [2.75, 3.05) is 5.32 Å².